The van der Waals surface area contributed by atoms with E-state index in [0.717, 1.165) is 22.0 Å². The van der Waals surface area contributed by atoms with E-state index < -0.39 is 54.0 Å². The smallest absolute Gasteiger partial charge is 0.326 e. The first-order valence-electron chi connectivity index (χ1n) is 13.3. The number of benzene rings is 2. The van der Waals surface area contributed by atoms with Crippen LogP contribution in [0.3, 0.4) is 0 Å². The number of nitrogens with two attached hydrogens (primary N) is 1. The molecule has 0 spiro atoms. The SMILES string of the molecule is CC(O)C(NC(=O)C(N)Cc1c[nH]c2ccccc12)C(=O)N1CCCC1C(=O)NC(Cc1ccccc1)C(=O)O. The highest BCUT2D eigenvalue weighted by atomic mass is 16.4. The summed E-state index contributed by atoms with van der Waals surface area (Å²) < 4.78 is 0. The number of likely N-dealkylation sites (tertiary alicyclic amines) is 1. The van der Waals surface area contributed by atoms with E-state index in [-0.39, 0.29) is 19.4 Å². The fraction of sp³-hybridized carbons (Fsp3) is 0.379. The number of carboxylic acid groups (broad SMARTS) is 1. The molecule has 11 nitrogen and oxygen atoms in total. The van der Waals surface area contributed by atoms with Crippen LogP contribution in [0.1, 0.15) is 30.9 Å². The first kappa shape index (κ1) is 28.8. The maximum atomic E-state index is 13.5. The summed E-state index contributed by atoms with van der Waals surface area (Å²) >= 11 is 0. The van der Waals surface area contributed by atoms with Crippen LogP contribution in [0.15, 0.2) is 60.8 Å². The Bertz CT molecular complexity index is 1360. The lowest BCUT2D eigenvalue weighted by atomic mass is 10.0. The van der Waals surface area contributed by atoms with Crippen LogP contribution in [0.2, 0.25) is 0 Å². The number of nitrogens with one attached hydrogen (secondary N) is 3. The first-order chi connectivity index (χ1) is 19.2. The molecule has 5 unspecified atom stereocenters. The molecule has 0 aliphatic carbocycles. The molecule has 7 N–H and O–H groups in total. The van der Waals surface area contributed by atoms with Gasteiger partial charge in [-0.25, -0.2) is 4.79 Å². The Morgan fingerprint density at radius 1 is 1.05 bits per heavy atom. The number of aromatic nitrogens is 1. The van der Waals surface area contributed by atoms with Gasteiger partial charge in [-0.1, -0.05) is 48.5 Å². The van der Waals surface area contributed by atoms with Gasteiger partial charge in [0.1, 0.15) is 18.1 Å². The van der Waals surface area contributed by atoms with Crippen LogP contribution in [0, 0.1) is 0 Å². The van der Waals surface area contributed by atoms with Crippen molar-refractivity contribution in [2.24, 2.45) is 5.73 Å². The Hall–Kier alpha value is -4.22. The van der Waals surface area contributed by atoms with Crippen LogP contribution in [0.5, 0.6) is 0 Å². The predicted octanol–water partition coefficient (Wildman–Crippen LogP) is 0.706. The largest absolute Gasteiger partial charge is 0.480 e. The van der Waals surface area contributed by atoms with Crippen molar-refractivity contribution in [2.45, 2.75) is 62.9 Å². The zero-order valence-corrected chi connectivity index (χ0v) is 22.2. The van der Waals surface area contributed by atoms with Gasteiger partial charge >= 0.3 is 5.97 Å². The molecule has 1 fully saturated rings. The Labute approximate surface area is 231 Å². The lowest BCUT2D eigenvalue weighted by Crippen LogP contribution is -2.59. The summed E-state index contributed by atoms with van der Waals surface area (Å²) in [5, 5.41) is 26.1. The van der Waals surface area contributed by atoms with Gasteiger partial charge in [-0.05, 0) is 43.4 Å². The lowest BCUT2D eigenvalue weighted by Gasteiger charge is -2.31. The Morgan fingerprint density at radius 2 is 1.75 bits per heavy atom. The summed E-state index contributed by atoms with van der Waals surface area (Å²) in [5.74, 6) is -3.03. The van der Waals surface area contributed by atoms with Gasteiger partial charge in [-0.15, -0.1) is 0 Å². The fourth-order valence-electron chi connectivity index (χ4n) is 5.08. The number of amides is 3. The minimum absolute atomic E-state index is 0.0866. The molecule has 2 aromatic carbocycles. The lowest BCUT2D eigenvalue weighted by molar-refractivity contribution is -0.146. The van der Waals surface area contributed by atoms with Gasteiger partial charge in [0.15, 0.2) is 0 Å². The number of hydrogen-bond donors (Lipinski definition) is 6. The van der Waals surface area contributed by atoms with Crippen LogP contribution >= 0.6 is 0 Å². The Morgan fingerprint density at radius 3 is 2.45 bits per heavy atom. The average Bonchev–Trinajstić information content (AvgIpc) is 3.59. The van der Waals surface area contributed by atoms with E-state index in [0.29, 0.717) is 12.8 Å². The van der Waals surface area contributed by atoms with Gasteiger partial charge in [-0.2, -0.15) is 0 Å². The number of aliphatic hydroxyl groups excluding tert-OH is 1. The number of aromatic amines is 1. The molecule has 0 saturated carbocycles. The molecule has 212 valence electrons. The number of H-pyrrole nitrogens is 1. The molecule has 1 aliphatic rings. The van der Waals surface area contributed by atoms with Crippen LogP contribution < -0.4 is 16.4 Å². The average molecular weight is 550 g/mol. The highest BCUT2D eigenvalue weighted by Crippen LogP contribution is 2.21. The van der Waals surface area contributed by atoms with Crippen molar-refractivity contribution in [1.29, 1.82) is 0 Å². The topological polar surface area (TPSA) is 178 Å². The van der Waals surface area contributed by atoms with Crippen molar-refractivity contribution in [3.8, 4) is 0 Å². The number of nitrogens with zero attached hydrogens (tertiary/aromatic N) is 1. The highest BCUT2D eigenvalue weighted by Gasteiger charge is 2.40. The van der Waals surface area contributed by atoms with Gasteiger partial charge in [0, 0.05) is 30.1 Å². The second kappa shape index (κ2) is 12.8. The number of carbonyl (C=O) groups excluding carboxylic acids is 3. The third-order valence-electron chi connectivity index (χ3n) is 7.23. The Balaban J connectivity index is 1.41. The quantitative estimate of drug-likeness (QED) is 0.204. The molecular formula is C29H35N5O6. The third kappa shape index (κ3) is 6.67. The van der Waals surface area contributed by atoms with E-state index in [1.165, 1.54) is 11.8 Å². The zero-order valence-electron chi connectivity index (χ0n) is 22.2. The fourth-order valence-corrected chi connectivity index (χ4v) is 5.08. The minimum atomic E-state index is -1.32. The normalized spacial score (nSPS) is 18.1. The van der Waals surface area contributed by atoms with Gasteiger partial charge in [0.2, 0.25) is 17.7 Å². The van der Waals surface area contributed by atoms with Crippen molar-refractivity contribution in [2.75, 3.05) is 6.54 Å². The molecule has 1 saturated heterocycles. The Kier molecular flexibility index (Phi) is 9.18. The number of aliphatic hydroxyl groups is 1. The molecule has 3 aromatic rings. The van der Waals surface area contributed by atoms with E-state index in [1.54, 1.807) is 30.5 Å². The highest BCUT2D eigenvalue weighted by molar-refractivity contribution is 5.95. The second-order valence-corrected chi connectivity index (χ2v) is 10.2. The van der Waals surface area contributed by atoms with Crippen molar-refractivity contribution >= 4 is 34.6 Å². The van der Waals surface area contributed by atoms with E-state index in [2.05, 4.69) is 15.6 Å². The summed E-state index contributed by atoms with van der Waals surface area (Å²) in [5.41, 5.74) is 8.67. The standard InChI is InChI=1S/C29H35N5O6/c1-17(35)25(33-26(36)21(30)15-19-16-31-22-11-6-5-10-20(19)22)28(38)34-13-7-12-24(34)27(37)32-23(29(39)40)14-18-8-3-2-4-9-18/h2-6,8-11,16-17,21,23-25,31,35H,7,12-15,30H2,1H3,(H,32,37)(H,33,36)(H,39,40). The molecule has 11 heteroatoms. The predicted molar refractivity (Wildman–Crippen MR) is 148 cm³/mol. The minimum Gasteiger partial charge on any atom is -0.480 e. The summed E-state index contributed by atoms with van der Waals surface area (Å²) in [4.78, 5) is 55.9. The summed E-state index contributed by atoms with van der Waals surface area (Å²) in [6.45, 7) is 1.60. The molecule has 5 atom stereocenters. The van der Waals surface area contributed by atoms with Crippen molar-refractivity contribution < 1.29 is 29.4 Å². The molecule has 3 amide bonds. The van der Waals surface area contributed by atoms with Crippen LogP contribution in [-0.2, 0) is 32.0 Å². The third-order valence-corrected chi connectivity index (χ3v) is 7.23. The molecule has 4 rings (SSSR count). The van der Waals surface area contributed by atoms with Crippen LogP contribution in [0.4, 0.5) is 0 Å². The van der Waals surface area contributed by atoms with Crippen molar-refractivity contribution in [3.05, 3.63) is 71.9 Å². The number of fused-ring (bicyclic) bond motifs is 1. The van der Waals surface area contributed by atoms with E-state index in [1.807, 2.05) is 30.3 Å². The van der Waals surface area contributed by atoms with Gasteiger partial charge in [0.05, 0.1) is 12.1 Å². The first-order valence-corrected chi connectivity index (χ1v) is 13.3. The van der Waals surface area contributed by atoms with Crippen molar-refractivity contribution in [3.63, 3.8) is 0 Å². The number of carboxylic acids is 1. The van der Waals surface area contributed by atoms with Gasteiger partial charge < -0.3 is 36.5 Å². The molecule has 2 heterocycles. The summed E-state index contributed by atoms with van der Waals surface area (Å²) in [6.07, 6.45) is 1.67. The number of para-hydroxylation sites is 1. The maximum Gasteiger partial charge on any atom is 0.326 e. The van der Waals surface area contributed by atoms with Crippen LogP contribution in [-0.4, -0.2) is 80.6 Å². The zero-order chi connectivity index (χ0) is 28.8. The number of aliphatic carboxylic acids is 1. The van der Waals surface area contributed by atoms with Crippen molar-refractivity contribution in [1.82, 2.24) is 20.5 Å². The second-order valence-electron chi connectivity index (χ2n) is 10.2. The molecule has 0 bridgehead atoms. The number of rotatable bonds is 11. The van der Waals surface area contributed by atoms with E-state index in [4.69, 9.17) is 5.73 Å². The van der Waals surface area contributed by atoms with Crippen LogP contribution in [0.25, 0.3) is 10.9 Å². The summed E-state index contributed by atoms with van der Waals surface area (Å²) in [6, 6.07) is 12.1. The molecule has 1 aromatic heterocycles. The molecular weight excluding hydrogens is 514 g/mol. The van der Waals surface area contributed by atoms with E-state index in [9.17, 15) is 29.4 Å². The molecule has 1 aliphatic heterocycles. The van der Waals surface area contributed by atoms with Gasteiger partial charge in [0.25, 0.3) is 0 Å². The molecule has 40 heavy (non-hydrogen) atoms. The molecule has 0 radical (unpaired) electrons. The van der Waals surface area contributed by atoms with Gasteiger partial charge in [-0.3, -0.25) is 14.4 Å². The number of carbonyl (C=O) groups is 4. The van der Waals surface area contributed by atoms with E-state index >= 15 is 0 Å². The maximum absolute atomic E-state index is 13.5. The monoisotopic (exact) mass is 549 g/mol. The summed E-state index contributed by atoms with van der Waals surface area (Å²) in [7, 11) is 0. The number of hydrogen-bond acceptors (Lipinski definition) is 6.